The highest BCUT2D eigenvalue weighted by molar-refractivity contribution is 5.80. The number of hydrogen-bond acceptors (Lipinski definition) is 2. The van der Waals surface area contributed by atoms with E-state index in [-0.39, 0.29) is 11.6 Å². The molecule has 1 amide bonds. The molecular formula is C16H22N2O2. The second-order valence-corrected chi connectivity index (χ2v) is 5.86. The number of carbonyl (C=O) groups excluding carboxylic acids is 1. The first-order chi connectivity index (χ1) is 9.41. The van der Waals surface area contributed by atoms with Crippen molar-refractivity contribution in [3.05, 3.63) is 36.0 Å². The van der Waals surface area contributed by atoms with Gasteiger partial charge in [0.15, 0.2) is 0 Å². The zero-order valence-corrected chi connectivity index (χ0v) is 12.6. The highest BCUT2D eigenvalue weighted by Gasteiger charge is 2.27. The van der Waals surface area contributed by atoms with Crippen molar-refractivity contribution in [3.63, 3.8) is 0 Å². The summed E-state index contributed by atoms with van der Waals surface area (Å²) in [7, 11) is 0. The van der Waals surface area contributed by atoms with Crippen LogP contribution < -0.4 is 0 Å². The molecule has 0 fully saturated rings. The van der Waals surface area contributed by atoms with Gasteiger partial charge in [-0.25, -0.2) is 4.79 Å². The Morgan fingerprint density at radius 3 is 2.70 bits per heavy atom. The number of carbonyl (C=O) groups is 1. The molecule has 1 aromatic heterocycles. The first kappa shape index (κ1) is 14.4. The van der Waals surface area contributed by atoms with E-state index < -0.39 is 0 Å². The molecule has 4 heteroatoms. The Morgan fingerprint density at radius 1 is 1.30 bits per heavy atom. The molecule has 0 atom stereocenters. The number of ether oxygens (including phenoxy) is 1. The molecule has 4 nitrogen and oxygen atoms in total. The molecule has 20 heavy (non-hydrogen) atoms. The van der Waals surface area contributed by atoms with Gasteiger partial charge in [-0.3, -0.25) is 4.90 Å². The second kappa shape index (κ2) is 5.57. The molecule has 1 N–H and O–H groups in total. The first-order valence-electron chi connectivity index (χ1n) is 6.92. The highest BCUT2D eigenvalue weighted by atomic mass is 16.6. The fraction of sp³-hybridized carbons (Fsp3) is 0.438. The average molecular weight is 274 g/mol. The normalized spacial score (nSPS) is 11.6. The summed E-state index contributed by atoms with van der Waals surface area (Å²) in [6.07, 6.45) is 1.65. The molecule has 0 aliphatic heterocycles. The Morgan fingerprint density at radius 2 is 2.05 bits per heavy atom. The van der Waals surface area contributed by atoms with Gasteiger partial charge in [-0.05, 0) is 50.8 Å². The summed E-state index contributed by atoms with van der Waals surface area (Å²) < 4.78 is 5.15. The van der Waals surface area contributed by atoms with Crippen molar-refractivity contribution in [2.75, 3.05) is 6.61 Å². The molecule has 0 saturated heterocycles. The van der Waals surface area contributed by atoms with Gasteiger partial charge in [0.25, 0.3) is 0 Å². The molecule has 108 valence electrons. The molecular weight excluding hydrogens is 252 g/mol. The van der Waals surface area contributed by atoms with Crippen molar-refractivity contribution >= 4 is 17.0 Å². The third-order valence-electron chi connectivity index (χ3n) is 3.26. The Labute approximate surface area is 119 Å². The predicted molar refractivity (Wildman–Crippen MR) is 80.6 cm³/mol. The summed E-state index contributed by atoms with van der Waals surface area (Å²) in [6, 6.07) is 8.22. The third-order valence-corrected chi connectivity index (χ3v) is 3.26. The maximum atomic E-state index is 12.1. The number of aromatic nitrogens is 1. The minimum Gasteiger partial charge on any atom is -0.450 e. The number of nitrogens with zero attached hydrogens (tertiary/aromatic N) is 1. The molecule has 0 aliphatic rings. The number of hydrogen-bond donors (Lipinski definition) is 1. The lowest BCUT2D eigenvalue weighted by molar-refractivity contribution is 0.0671. The van der Waals surface area contributed by atoms with Crippen LogP contribution in [0.25, 0.3) is 10.9 Å². The van der Waals surface area contributed by atoms with E-state index in [1.54, 1.807) is 4.90 Å². The van der Waals surface area contributed by atoms with Crippen LogP contribution in [0.2, 0.25) is 0 Å². The zero-order valence-electron chi connectivity index (χ0n) is 12.6. The van der Waals surface area contributed by atoms with E-state index >= 15 is 0 Å². The maximum absolute atomic E-state index is 12.1. The molecule has 0 aliphatic carbocycles. The molecule has 0 spiro atoms. The topological polar surface area (TPSA) is 45.3 Å². The lowest BCUT2D eigenvalue weighted by atomic mass is 10.0. The van der Waals surface area contributed by atoms with Gasteiger partial charge in [0.05, 0.1) is 6.61 Å². The Kier molecular flexibility index (Phi) is 4.02. The van der Waals surface area contributed by atoms with Crippen LogP contribution in [0.15, 0.2) is 30.5 Å². The minimum atomic E-state index is -0.281. The standard InChI is InChI=1S/C16H22N2O2/c1-5-20-15(19)18(16(2,3)4)11-12-6-7-13-8-9-17-14(13)10-12/h6-10,17H,5,11H2,1-4H3. The minimum absolute atomic E-state index is 0.272. The molecule has 1 aromatic carbocycles. The van der Waals surface area contributed by atoms with E-state index in [1.165, 1.54) is 5.39 Å². The smallest absolute Gasteiger partial charge is 0.410 e. The average Bonchev–Trinajstić information content (AvgIpc) is 2.82. The Bertz CT molecular complexity index is 596. The lowest BCUT2D eigenvalue weighted by Gasteiger charge is -2.34. The maximum Gasteiger partial charge on any atom is 0.410 e. The van der Waals surface area contributed by atoms with Gasteiger partial charge in [-0.2, -0.15) is 0 Å². The van der Waals surface area contributed by atoms with E-state index in [0.29, 0.717) is 13.2 Å². The number of benzene rings is 1. The highest BCUT2D eigenvalue weighted by Crippen LogP contribution is 2.21. The number of fused-ring (bicyclic) bond motifs is 1. The van der Waals surface area contributed by atoms with Crippen LogP contribution in [-0.4, -0.2) is 28.1 Å². The molecule has 2 aromatic rings. The van der Waals surface area contributed by atoms with Crippen molar-refractivity contribution in [2.45, 2.75) is 39.8 Å². The third kappa shape index (κ3) is 3.13. The molecule has 0 saturated carbocycles. The summed E-state index contributed by atoms with van der Waals surface area (Å²) in [5.41, 5.74) is 1.89. The summed E-state index contributed by atoms with van der Waals surface area (Å²) in [4.78, 5) is 17.0. The fourth-order valence-corrected chi connectivity index (χ4v) is 2.15. The van der Waals surface area contributed by atoms with Crippen LogP contribution in [0.4, 0.5) is 4.79 Å². The number of nitrogens with one attached hydrogen (secondary N) is 1. The summed E-state index contributed by atoms with van der Waals surface area (Å²) >= 11 is 0. The molecule has 1 heterocycles. The van der Waals surface area contributed by atoms with Gasteiger partial charge in [0.2, 0.25) is 0 Å². The fourth-order valence-electron chi connectivity index (χ4n) is 2.15. The summed E-state index contributed by atoms with van der Waals surface area (Å²) in [6.45, 7) is 8.79. The Hall–Kier alpha value is -1.97. The predicted octanol–water partition coefficient (Wildman–Crippen LogP) is 3.92. The van der Waals surface area contributed by atoms with Crippen LogP contribution in [0, 0.1) is 0 Å². The second-order valence-electron chi connectivity index (χ2n) is 5.86. The van der Waals surface area contributed by atoms with Crippen LogP contribution in [0.1, 0.15) is 33.3 Å². The van der Waals surface area contributed by atoms with E-state index in [9.17, 15) is 4.79 Å². The van der Waals surface area contributed by atoms with Crippen molar-refractivity contribution < 1.29 is 9.53 Å². The lowest BCUT2D eigenvalue weighted by Crippen LogP contribution is -2.45. The number of rotatable bonds is 3. The molecule has 0 radical (unpaired) electrons. The molecule has 0 unspecified atom stereocenters. The summed E-state index contributed by atoms with van der Waals surface area (Å²) in [5.74, 6) is 0. The number of H-pyrrole nitrogens is 1. The SMILES string of the molecule is CCOC(=O)N(Cc1ccc2cc[nH]c2c1)C(C)(C)C. The van der Waals surface area contributed by atoms with Crippen molar-refractivity contribution in [3.8, 4) is 0 Å². The van der Waals surface area contributed by atoms with Crippen molar-refractivity contribution in [1.29, 1.82) is 0 Å². The molecule has 2 rings (SSSR count). The van der Waals surface area contributed by atoms with E-state index in [0.717, 1.165) is 11.1 Å². The van der Waals surface area contributed by atoms with Gasteiger partial charge in [0, 0.05) is 23.8 Å². The molecule has 0 bridgehead atoms. The van der Waals surface area contributed by atoms with Crippen LogP contribution in [-0.2, 0) is 11.3 Å². The van der Waals surface area contributed by atoms with Crippen molar-refractivity contribution in [2.24, 2.45) is 0 Å². The van der Waals surface area contributed by atoms with E-state index in [4.69, 9.17) is 4.74 Å². The number of amides is 1. The monoisotopic (exact) mass is 274 g/mol. The zero-order chi connectivity index (χ0) is 14.8. The van der Waals surface area contributed by atoms with Crippen molar-refractivity contribution in [1.82, 2.24) is 9.88 Å². The van der Waals surface area contributed by atoms with Gasteiger partial charge in [0.1, 0.15) is 0 Å². The van der Waals surface area contributed by atoms with Crippen LogP contribution in [0.3, 0.4) is 0 Å². The quantitative estimate of drug-likeness (QED) is 0.921. The van der Waals surface area contributed by atoms with Crippen LogP contribution >= 0.6 is 0 Å². The van der Waals surface area contributed by atoms with Gasteiger partial charge in [-0.15, -0.1) is 0 Å². The van der Waals surface area contributed by atoms with E-state index in [1.807, 2.05) is 46.0 Å². The van der Waals surface area contributed by atoms with E-state index in [2.05, 4.69) is 17.1 Å². The van der Waals surface area contributed by atoms with Crippen LogP contribution in [0.5, 0.6) is 0 Å². The largest absolute Gasteiger partial charge is 0.450 e. The van der Waals surface area contributed by atoms with Gasteiger partial charge in [-0.1, -0.05) is 12.1 Å². The van der Waals surface area contributed by atoms with Gasteiger partial charge < -0.3 is 9.72 Å². The summed E-state index contributed by atoms with van der Waals surface area (Å²) in [5, 5.41) is 1.17. The number of aromatic amines is 1. The Balaban J connectivity index is 2.24. The van der Waals surface area contributed by atoms with Gasteiger partial charge >= 0.3 is 6.09 Å². The first-order valence-corrected chi connectivity index (χ1v) is 6.92.